The van der Waals surface area contributed by atoms with Crippen LogP contribution in [0.4, 0.5) is 5.82 Å². The molecule has 0 amide bonds. The van der Waals surface area contributed by atoms with Gasteiger partial charge in [0.1, 0.15) is 5.82 Å². The lowest BCUT2D eigenvalue weighted by Gasteiger charge is -2.10. The highest BCUT2D eigenvalue weighted by Crippen LogP contribution is 2.34. The molecular weight excluding hydrogens is 353 g/mol. The molecule has 0 fully saturated rings. The second-order valence-corrected chi connectivity index (χ2v) is 5.33. The van der Waals surface area contributed by atoms with E-state index in [1.165, 1.54) is 0 Å². The fourth-order valence-corrected chi connectivity index (χ4v) is 2.43. The van der Waals surface area contributed by atoms with E-state index in [0.29, 0.717) is 44.0 Å². The zero-order chi connectivity index (χ0) is 14.0. The Morgan fingerprint density at radius 2 is 1.89 bits per heavy atom. The molecule has 0 atom stereocenters. The summed E-state index contributed by atoms with van der Waals surface area (Å²) in [5.74, 6) is 0.691. The third-order valence-electron chi connectivity index (χ3n) is 2.41. The second kappa shape index (κ2) is 6.05. The molecule has 2 aromatic rings. The molecule has 4 nitrogen and oxygen atoms in total. The van der Waals surface area contributed by atoms with Crippen molar-refractivity contribution < 1.29 is 4.74 Å². The van der Waals surface area contributed by atoms with Crippen LogP contribution in [0.1, 0.15) is 5.69 Å². The number of nitrogen functional groups attached to an aromatic ring is 1. The molecule has 0 saturated heterocycles. The van der Waals surface area contributed by atoms with Crippen LogP contribution in [-0.2, 0) is 11.3 Å². The van der Waals surface area contributed by atoms with Gasteiger partial charge in [-0.25, -0.2) is 9.97 Å². The Morgan fingerprint density at radius 3 is 2.47 bits per heavy atom. The van der Waals surface area contributed by atoms with Crippen molar-refractivity contribution in [2.75, 3.05) is 12.8 Å². The highest BCUT2D eigenvalue weighted by atomic mass is 79.9. The molecule has 0 saturated carbocycles. The first-order valence-electron chi connectivity index (χ1n) is 5.29. The number of aromatic nitrogens is 2. The van der Waals surface area contributed by atoms with Gasteiger partial charge in [0.15, 0.2) is 5.82 Å². The first kappa shape index (κ1) is 14.5. The molecule has 1 aromatic heterocycles. The molecule has 2 rings (SSSR count). The molecule has 0 unspecified atom stereocenters. The van der Waals surface area contributed by atoms with Crippen molar-refractivity contribution in [2.24, 2.45) is 0 Å². The van der Waals surface area contributed by atoms with Crippen molar-refractivity contribution >= 4 is 44.9 Å². The number of anilines is 1. The standard InChI is InChI=1S/C12H10BrCl2N3O/c1-19-5-8-10(13)11(16)18-12(17-8)9-6(14)3-2-4-7(9)15/h2-4H,5H2,1H3,(H2,16,17,18). The van der Waals surface area contributed by atoms with Gasteiger partial charge in [-0.3, -0.25) is 0 Å². The maximum atomic E-state index is 6.14. The van der Waals surface area contributed by atoms with E-state index in [0.717, 1.165) is 0 Å². The Labute approximate surface area is 129 Å². The van der Waals surface area contributed by atoms with E-state index in [-0.39, 0.29) is 0 Å². The maximum absolute atomic E-state index is 6.14. The minimum atomic E-state index is 0.308. The Morgan fingerprint density at radius 1 is 1.26 bits per heavy atom. The van der Waals surface area contributed by atoms with E-state index in [1.807, 2.05) is 0 Å². The fraction of sp³-hybridized carbons (Fsp3) is 0.167. The summed E-state index contributed by atoms with van der Waals surface area (Å²) in [6.45, 7) is 0.308. The lowest BCUT2D eigenvalue weighted by molar-refractivity contribution is 0.181. The Balaban J connectivity index is 2.63. The molecule has 100 valence electrons. The average molecular weight is 363 g/mol. The predicted molar refractivity (Wildman–Crippen MR) is 80.3 cm³/mol. The number of nitrogens with two attached hydrogens (primary N) is 1. The third kappa shape index (κ3) is 3.00. The molecule has 0 bridgehead atoms. The van der Waals surface area contributed by atoms with Crippen LogP contribution in [0.15, 0.2) is 22.7 Å². The van der Waals surface area contributed by atoms with Crippen LogP contribution in [0.5, 0.6) is 0 Å². The van der Waals surface area contributed by atoms with E-state index >= 15 is 0 Å². The van der Waals surface area contributed by atoms with E-state index in [1.54, 1.807) is 25.3 Å². The molecule has 1 aromatic carbocycles. The van der Waals surface area contributed by atoms with Crippen LogP contribution in [0, 0.1) is 0 Å². The van der Waals surface area contributed by atoms with Crippen molar-refractivity contribution in [3.63, 3.8) is 0 Å². The van der Waals surface area contributed by atoms with Crippen LogP contribution in [0.2, 0.25) is 10.0 Å². The first-order chi connectivity index (χ1) is 9.04. The molecule has 19 heavy (non-hydrogen) atoms. The quantitative estimate of drug-likeness (QED) is 0.898. The number of hydrogen-bond acceptors (Lipinski definition) is 4. The maximum Gasteiger partial charge on any atom is 0.164 e. The van der Waals surface area contributed by atoms with Gasteiger partial charge in [0.25, 0.3) is 0 Å². The van der Waals surface area contributed by atoms with Crippen molar-refractivity contribution in [2.45, 2.75) is 6.61 Å². The minimum absolute atomic E-state index is 0.308. The zero-order valence-corrected chi connectivity index (χ0v) is 13.1. The van der Waals surface area contributed by atoms with Gasteiger partial charge >= 0.3 is 0 Å². The molecule has 2 N–H and O–H groups in total. The van der Waals surface area contributed by atoms with Crippen molar-refractivity contribution in [3.05, 3.63) is 38.4 Å². The molecule has 0 aliphatic heterocycles. The van der Waals surface area contributed by atoms with Crippen LogP contribution < -0.4 is 5.73 Å². The predicted octanol–water partition coefficient (Wildman–Crippen LogP) is 3.94. The fourth-order valence-electron chi connectivity index (χ4n) is 1.57. The normalized spacial score (nSPS) is 10.7. The van der Waals surface area contributed by atoms with Gasteiger partial charge in [0, 0.05) is 7.11 Å². The number of methoxy groups -OCH3 is 1. The summed E-state index contributed by atoms with van der Waals surface area (Å²) in [6.07, 6.45) is 0. The molecule has 0 radical (unpaired) electrons. The largest absolute Gasteiger partial charge is 0.383 e. The topological polar surface area (TPSA) is 61.0 Å². The van der Waals surface area contributed by atoms with E-state index in [4.69, 9.17) is 33.7 Å². The smallest absolute Gasteiger partial charge is 0.164 e. The lowest BCUT2D eigenvalue weighted by Crippen LogP contribution is -2.04. The summed E-state index contributed by atoms with van der Waals surface area (Å²) in [5, 5.41) is 0.940. The second-order valence-electron chi connectivity index (χ2n) is 3.72. The number of halogens is 3. The Bertz CT molecular complexity index is 602. The van der Waals surface area contributed by atoms with Crippen LogP contribution in [0.25, 0.3) is 11.4 Å². The van der Waals surface area contributed by atoms with Gasteiger partial charge in [0.05, 0.1) is 32.4 Å². The summed E-state index contributed by atoms with van der Waals surface area (Å²) < 4.78 is 5.69. The number of rotatable bonds is 3. The SMILES string of the molecule is COCc1nc(-c2c(Cl)cccc2Cl)nc(N)c1Br. The highest BCUT2D eigenvalue weighted by Gasteiger charge is 2.16. The average Bonchev–Trinajstić information content (AvgIpc) is 2.35. The summed E-state index contributed by atoms with van der Waals surface area (Å²) in [6, 6.07) is 5.20. The van der Waals surface area contributed by atoms with Crippen LogP contribution in [-0.4, -0.2) is 17.1 Å². The number of nitrogens with zero attached hydrogens (tertiary/aromatic N) is 2. The molecule has 0 spiro atoms. The summed E-state index contributed by atoms with van der Waals surface area (Å²) in [4.78, 5) is 8.59. The van der Waals surface area contributed by atoms with Gasteiger partial charge < -0.3 is 10.5 Å². The Kier molecular flexibility index (Phi) is 4.62. The zero-order valence-electron chi connectivity index (χ0n) is 9.95. The Hall–Kier alpha value is -0.880. The monoisotopic (exact) mass is 361 g/mol. The lowest BCUT2D eigenvalue weighted by atomic mass is 10.2. The highest BCUT2D eigenvalue weighted by molar-refractivity contribution is 9.10. The molecular formula is C12H10BrCl2N3O. The van der Waals surface area contributed by atoms with Gasteiger partial charge in [-0.05, 0) is 28.1 Å². The number of ether oxygens (including phenoxy) is 1. The van der Waals surface area contributed by atoms with Gasteiger partial charge in [-0.15, -0.1) is 0 Å². The van der Waals surface area contributed by atoms with Crippen LogP contribution >= 0.6 is 39.1 Å². The third-order valence-corrected chi connectivity index (χ3v) is 3.91. The van der Waals surface area contributed by atoms with Crippen molar-refractivity contribution in [1.29, 1.82) is 0 Å². The summed E-state index contributed by atoms with van der Waals surface area (Å²) >= 11 is 15.6. The molecule has 0 aliphatic rings. The summed E-state index contributed by atoms with van der Waals surface area (Å²) in [5.41, 5.74) is 7.05. The van der Waals surface area contributed by atoms with E-state index < -0.39 is 0 Å². The van der Waals surface area contributed by atoms with Gasteiger partial charge in [-0.1, -0.05) is 29.3 Å². The number of benzene rings is 1. The first-order valence-corrected chi connectivity index (χ1v) is 6.84. The van der Waals surface area contributed by atoms with Gasteiger partial charge in [0.2, 0.25) is 0 Å². The molecule has 7 heteroatoms. The molecule has 1 heterocycles. The van der Waals surface area contributed by atoms with Crippen LogP contribution in [0.3, 0.4) is 0 Å². The summed E-state index contributed by atoms with van der Waals surface area (Å²) in [7, 11) is 1.58. The minimum Gasteiger partial charge on any atom is -0.383 e. The molecule has 0 aliphatic carbocycles. The van der Waals surface area contributed by atoms with E-state index in [9.17, 15) is 0 Å². The van der Waals surface area contributed by atoms with Crippen molar-refractivity contribution in [3.8, 4) is 11.4 Å². The van der Waals surface area contributed by atoms with Gasteiger partial charge in [-0.2, -0.15) is 0 Å². The van der Waals surface area contributed by atoms with Crippen molar-refractivity contribution in [1.82, 2.24) is 9.97 Å². The van der Waals surface area contributed by atoms with E-state index in [2.05, 4.69) is 25.9 Å². The number of hydrogen-bond donors (Lipinski definition) is 1.